The van der Waals surface area contributed by atoms with Gasteiger partial charge < -0.3 is 24.8 Å². The van der Waals surface area contributed by atoms with Gasteiger partial charge in [-0.1, -0.05) is 24.3 Å². The van der Waals surface area contributed by atoms with Gasteiger partial charge in [-0.25, -0.2) is 14.8 Å². The van der Waals surface area contributed by atoms with Crippen LogP contribution in [0.2, 0.25) is 5.28 Å². The van der Waals surface area contributed by atoms with E-state index >= 15 is 0 Å². The third kappa shape index (κ3) is 5.26. The van der Waals surface area contributed by atoms with E-state index in [1.165, 1.54) is 4.90 Å². The molecule has 1 amide bonds. The zero-order chi connectivity index (χ0) is 25.1. The minimum atomic E-state index is -0.964. The van der Waals surface area contributed by atoms with Crippen molar-refractivity contribution in [1.82, 2.24) is 14.9 Å². The molecule has 4 rings (SSSR count). The number of anilines is 1. The topological polar surface area (TPSA) is 96.8 Å². The number of halogens is 1. The number of carboxylic acid groups (broad SMARTS) is 1. The van der Waals surface area contributed by atoms with E-state index in [0.717, 1.165) is 27.0 Å². The number of benzene rings is 2. The molecule has 1 atom stereocenters. The zero-order valence-corrected chi connectivity index (χ0v) is 21.3. The van der Waals surface area contributed by atoms with Crippen LogP contribution in [0.25, 0.3) is 22.0 Å². The number of ether oxygens (including phenoxy) is 2. The van der Waals surface area contributed by atoms with Crippen molar-refractivity contribution in [2.45, 2.75) is 19.5 Å². The van der Waals surface area contributed by atoms with Crippen molar-refractivity contribution in [2.75, 3.05) is 26.6 Å². The van der Waals surface area contributed by atoms with Crippen LogP contribution in [0.3, 0.4) is 0 Å². The fraction of sp³-hybridized carbons (Fsp3) is 0.240. The quantitative estimate of drug-likeness (QED) is 0.267. The lowest BCUT2D eigenvalue weighted by atomic mass is 10.0. The Kier molecular flexibility index (Phi) is 7.28. The predicted octanol–water partition coefficient (Wildman–Crippen LogP) is 6.31. The van der Waals surface area contributed by atoms with Crippen molar-refractivity contribution in [3.8, 4) is 22.6 Å². The second-order valence-corrected chi connectivity index (χ2v) is 9.25. The van der Waals surface area contributed by atoms with Crippen molar-refractivity contribution in [3.05, 3.63) is 63.6 Å². The molecule has 10 heteroatoms. The van der Waals surface area contributed by atoms with Crippen LogP contribution in [0.15, 0.2) is 47.8 Å². The number of hydrogen-bond acceptors (Lipinski definition) is 7. The first kappa shape index (κ1) is 24.6. The summed E-state index contributed by atoms with van der Waals surface area (Å²) >= 11 is 7.83. The van der Waals surface area contributed by atoms with Crippen LogP contribution < -0.4 is 14.8 Å². The first-order chi connectivity index (χ1) is 16.8. The lowest BCUT2D eigenvalue weighted by molar-refractivity contribution is 0.154. The Morgan fingerprint density at radius 1 is 1.17 bits per heavy atom. The van der Waals surface area contributed by atoms with Gasteiger partial charge in [0.1, 0.15) is 5.82 Å². The van der Waals surface area contributed by atoms with Crippen molar-refractivity contribution in [2.24, 2.45) is 0 Å². The summed E-state index contributed by atoms with van der Waals surface area (Å²) in [6.07, 6.45) is -0.964. The van der Waals surface area contributed by atoms with Crippen LogP contribution >= 0.6 is 22.9 Å². The molecule has 2 heterocycles. The van der Waals surface area contributed by atoms with Crippen LogP contribution in [0.1, 0.15) is 23.4 Å². The van der Waals surface area contributed by atoms with E-state index in [9.17, 15) is 9.90 Å². The molecule has 0 saturated heterocycles. The van der Waals surface area contributed by atoms with E-state index in [0.29, 0.717) is 29.4 Å². The highest BCUT2D eigenvalue weighted by molar-refractivity contribution is 7.10. The molecule has 0 aliphatic rings. The number of carbonyl (C=O) groups is 1. The number of methoxy groups -OCH3 is 2. The maximum absolute atomic E-state index is 11.3. The third-order valence-corrected chi connectivity index (χ3v) is 6.92. The van der Waals surface area contributed by atoms with E-state index in [-0.39, 0.29) is 11.3 Å². The normalized spacial score (nSPS) is 11.8. The first-order valence-electron chi connectivity index (χ1n) is 10.8. The first-order valence-corrected chi connectivity index (χ1v) is 12.0. The molecule has 0 radical (unpaired) electrons. The number of aromatic nitrogens is 2. The van der Waals surface area contributed by atoms with Crippen molar-refractivity contribution < 1.29 is 19.4 Å². The molecular weight excluding hydrogens is 488 g/mol. The summed E-state index contributed by atoms with van der Waals surface area (Å²) < 4.78 is 10.8. The van der Waals surface area contributed by atoms with Crippen LogP contribution in [-0.2, 0) is 6.54 Å². The summed E-state index contributed by atoms with van der Waals surface area (Å²) in [7, 11) is 4.71. The van der Waals surface area contributed by atoms with Gasteiger partial charge in [0.15, 0.2) is 11.5 Å². The highest BCUT2D eigenvalue weighted by Gasteiger charge is 2.17. The molecule has 0 spiro atoms. The minimum absolute atomic E-state index is 0.0788. The average Bonchev–Trinajstić information content (AvgIpc) is 3.33. The van der Waals surface area contributed by atoms with Gasteiger partial charge in [0.05, 0.1) is 25.8 Å². The van der Waals surface area contributed by atoms with Crippen molar-refractivity contribution in [1.29, 1.82) is 0 Å². The minimum Gasteiger partial charge on any atom is -0.493 e. The van der Waals surface area contributed by atoms with E-state index in [1.54, 1.807) is 38.7 Å². The maximum Gasteiger partial charge on any atom is 0.407 e. The number of nitrogens with one attached hydrogen (secondary N) is 1. The van der Waals surface area contributed by atoms with Crippen LogP contribution in [0.4, 0.5) is 10.6 Å². The standard InChI is InChI=1S/C25H25ClN4O4S/c1-14(27-23-18-10-20(33-3)21(34-4)11-19(18)28-24(26)29-23)22-9-16(13-35-22)17-8-6-5-7-15(17)12-30(2)25(31)32/h5-11,13-14H,12H2,1-4H3,(H,31,32)(H,27,28,29). The number of hydrogen-bond donors (Lipinski definition) is 2. The second kappa shape index (κ2) is 10.4. The van der Waals surface area contributed by atoms with Crippen LogP contribution in [-0.4, -0.2) is 47.3 Å². The number of thiophene rings is 1. The molecule has 35 heavy (non-hydrogen) atoms. The molecule has 1 unspecified atom stereocenters. The Bertz CT molecular complexity index is 1380. The summed E-state index contributed by atoms with van der Waals surface area (Å²) in [6.45, 7) is 2.35. The molecule has 0 aliphatic heterocycles. The van der Waals surface area contributed by atoms with Crippen molar-refractivity contribution >= 4 is 45.8 Å². The Labute approximate surface area is 212 Å². The molecule has 182 valence electrons. The maximum atomic E-state index is 11.3. The molecule has 0 saturated carbocycles. The second-order valence-electron chi connectivity index (χ2n) is 7.97. The van der Waals surface area contributed by atoms with Crippen molar-refractivity contribution in [3.63, 3.8) is 0 Å². The monoisotopic (exact) mass is 512 g/mol. The van der Waals surface area contributed by atoms with Gasteiger partial charge in [-0.3, -0.25) is 0 Å². The van der Waals surface area contributed by atoms with Crippen LogP contribution in [0, 0.1) is 0 Å². The third-order valence-electron chi connectivity index (χ3n) is 5.64. The van der Waals surface area contributed by atoms with E-state index in [1.807, 2.05) is 37.3 Å². The van der Waals surface area contributed by atoms with Gasteiger partial charge in [-0.2, -0.15) is 0 Å². The van der Waals surface area contributed by atoms with E-state index in [2.05, 4.69) is 26.7 Å². The molecule has 2 aromatic carbocycles. The molecule has 0 aliphatic carbocycles. The summed E-state index contributed by atoms with van der Waals surface area (Å²) in [5, 5.41) is 15.7. The molecule has 8 nitrogen and oxygen atoms in total. The van der Waals surface area contributed by atoms with Gasteiger partial charge in [-0.15, -0.1) is 11.3 Å². The SMILES string of the molecule is COc1cc2nc(Cl)nc(NC(C)c3cc(-c4ccccc4CN(C)C(=O)O)cs3)c2cc1OC. The van der Waals surface area contributed by atoms with Gasteiger partial charge in [0.25, 0.3) is 0 Å². The lowest BCUT2D eigenvalue weighted by Gasteiger charge is -2.17. The molecule has 0 bridgehead atoms. The number of fused-ring (bicyclic) bond motifs is 1. The largest absolute Gasteiger partial charge is 0.493 e. The Morgan fingerprint density at radius 3 is 2.60 bits per heavy atom. The smallest absolute Gasteiger partial charge is 0.407 e. The predicted molar refractivity (Wildman–Crippen MR) is 139 cm³/mol. The van der Waals surface area contributed by atoms with Gasteiger partial charge in [-0.05, 0) is 52.7 Å². The Hall–Kier alpha value is -3.56. The number of nitrogens with zero attached hydrogens (tertiary/aromatic N) is 3. The van der Waals surface area contributed by atoms with Gasteiger partial charge >= 0.3 is 6.09 Å². The summed E-state index contributed by atoms with van der Waals surface area (Å²) in [6, 6.07) is 13.5. The Balaban J connectivity index is 1.63. The van der Waals surface area contributed by atoms with Crippen LogP contribution in [0.5, 0.6) is 11.5 Å². The fourth-order valence-electron chi connectivity index (χ4n) is 3.80. The zero-order valence-electron chi connectivity index (χ0n) is 19.7. The van der Waals surface area contributed by atoms with Gasteiger partial charge in [0.2, 0.25) is 5.28 Å². The van der Waals surface area contributed by atoms with E-state index < -0.39 is 6.09 Å². The lowest BCUT2D eigenvalue weighted by Crippen LogP contribution is -2.24. The average molecular weight is 513 g/mol. The molecule has 0 fully saturated rings. The Morgan fingerprint density at radius 2 is 1.89 bits per heavy atom. The highest BCUT2D eigenvalue weighted by Crippen LogP contribution is 2.37. The summed E-state index contributed by atoms with van der Waals surface area (Å²) in [5.41, 5.74) is 3.62. The molecule has 2 aromatic heterocycles. The van der Waals surface area contributed by atoms with E-state index in [4.69, 9.17) is 21.1 Å². The molecular formula is C25H25ClN4O4S. The summed E-state index contributed by atoms with van der Waals surface area (Å²) in [5.74, 6) is 1.72. The van der Waals surface area contributed by atoms with Gasteiger partial charge in [0, 0.05) is 29.9 Å². The number of rotatable bonds is 8. The fourth-order valence-corrected chi connectivity index (χ4v) is 4.89. The molecule has 4 aromatic rings. The number of amides is 1. The summed E-state index contributed by atoms with van der Waals surface area (Å²) in [4.78, 5) is 22.4. The highest BCUT2D eigenvalue weighted by atomic mass is 35.5. The molecule has 2 N–H and O–H groups in total.